The number of hydrogen-bond donors (Lipinski definition) is 0. The topological polar surface area (TPSA) is 84.7 Å². The third kappa shape index (κ3) is 4.34. The number of piperazine rings is 1. The normalized spacial score (nSPS) is 18.7. The lowest BCUT2D eigenvalue weighted by atomic mass is 10.2. The SMILES string of the molecule is CS(=O)(=O)N1CCN(c2cnn(-c3cccc(F)c3)c(=O)c2OC2CCCC2)CC1. The number of rotatable bonds is 5. The molecule has 2 fully saturated rings. The summed E-state index contributed by atoms with van der Waals surface area (Å²) >= 11 is 0. The predicted octanol–water partition coefficient (Wildman–Crippen LogP) is 1.77. The second kappa shape index (κ2) is 8.35. The molecule has 0 bridgehead atoms. The average molecular weight is 437 g/mol. The maximum absolute atomic E-state index is 13.7. The molecule has 2 heterocycles. The van der Waals surface area contributed by atoms with Crippen LogP contribution in [0.1, 0.15) is 25.7 Å². The summed E-state index contributed by atoms with van der Waals surface area (Å²) in [7, 11) is -3.26. The van der Waals surface area contributed by atoms with E-state index in [-0.39, 0.29) is 11.9 Å². The molecule has 0 unspecified atom stereocenters. The van der Waals surface area contributed by atoms with E-state index in [4.69, 9.17) is 4.74 Å². The third-order valence-electron chi connectivity index (χ3n) is 5.60. The number of hydrogen-bond acceptors (Lipinski definition) is 6. The molecule has 0 atom stereocenters. The fraction of sp³-hybridized carbons (Fsp3) is 0.500. The van der Waals surface area contributed by atoms with Gasteiger partial charge in [0.1, 0.15) is 11.5 Å². The Morgan fingerprint density at radius 3 is 2.47 bits per heavy atom. The van der Waals surface area contributed by atoms with Crippen LogP contribution in [-0.4, -0.2) is 61.0 Å². The van der Waals surface area contributed by atoms with E-state index in [1.165, 1.54) is 28.8 Å². The molecule has 30 heavy (non-hydrogen) atoms. The summed E-state index contributed by atoms with van der Waals surface area (Å²) in [5.74, 6) is -0.269. The number of aromatic nitrogens is 2. The standard InChI is InChI=1S/C20H25FN4O4S/c1-30(27,28)24-11-9-23(10-12-24)18-14-22-25(16-6-4-5-15(21)13-16)20(26)19(18)29-17-7-2-3-8-17/h4-6,13-14,17H,2-3,7-12H2,1H3. The van der Waals surface area contributed by atoms with Crippen LogP contribution in [-0.2, 0) is 10.0 Å². The number of ether oxygens (including phenoxy) is 1. The van der Waals surface area contributed by atoms with Crippen LogP contribution in [0.3, 0.4) is 0 Å². The first kappa shape index (κ1) is 20.8. The Hall–Kier alpha value is -2.46. The lowest BCUT2D eigenvalue weighted by Gasteiger charge is -2.35. The molecule has 2 aromatic rings. The van der Waals surface area contributed by atoms with Gasteiger partial charge in [-0.3, -0.25) is 4.79 Å². The van der Waals surface area contributed by atoms with Crippen LogP contribution in [0.5, 0.6) is 5.75 Å². The van der Waals surface area contributed by atoms with Gasteiger partial charge in [-0.25, -0.2) is 12.8 Å². The first-order chi connectivity index (χ1) is 14.3. The Labute approximate surface area is 174 Å². The van der Waals surface area contributed by atoms with Crippen LogP contribution >= 0.6 is 0 Å². The summed E-state index contributed by atoms with van der Waals surface area (Å²) in [6.07, 6.45) is 6.56. The number of nitrogens with zero attached hydrogens (tertiary/aromatic N) is 4. The monoisotopic (exact) mass is 436 g/mol. The molecule has 162 valence electrons. The summed E-state index contributed by atoms with van der Waals surface area (Å²) in [4.78, 5) is 15.2. The van der Waals surface area contributed by atoms with Gasteiger partial charge in [-0.15, -0.1) is 0 Å². The second-order valence-electron chi connectivity index (χ2n) is 7.73. The van der Waals surface area contributed by atoms with Crippen LogP contribution in [0.4, 0.5) is 10.1 Å². The molecule has 10 heteroatoms. The highest BCUT2D eigenvalue weighted by Gasteiger charge is 2.28. The van der Waals surface area contributed by atoms with Crippen molar-refractivity contribution in [3.05, 3.63) is 46.6 Å². The van der Waals surface area contributed by atoms with Crippen molar-refractivity contribution in [1.82, 2.24) is 14.1 Å². The Balaban J connectivity index is 1.69. The maximum atomic E-state index is 13.7. The van der Waals surface area contributed by atoms with Crippen LogP contribution in [0, 0.1) is 5.82 Å². The summed E-state index contributed by atoms with van der Waals surface area (Å²) in [5, 5.41) is 4.25. The summed E-state index contributed by atoms with van der Waals surface area (Å²) in [6, 6.07) is 5.69. The Kier molecular flexibility index (Phi) is 5.79. The van der Waals surface area contributed by atoms with Crippen molar-refractivity contribution < 1.29 is 17.5 Å². The molecule has 0 amide bonds. The zero-order valence-corrected chi connectivity index (χ0v) is 17.6. The minimum absolute atomic E-state index is 0.0443. The summed E-state index contributed by atoms with van der Waals surface area (Å²) in [5.41, 5.74) is 0.424. The van der Waals surface area contributed by atoms with Gasteiger partial charge in [-0.05, 0) is 43.9 Å². The molecule has 1 aromatic carbocycles. The zero-order valence-electron chi connectivity index (χ0n) is 16.8. The zero-order chi connectivity index (χ0) is 21.3. The second-order valence-corrected chi connectivity index (χ2v) is 9.71. The van der Waals surface area contributed by atoms with E-state index < -0.39 is 21.4 Å². The molecule has 0 N–H and O–H groups in total. The average Bonchev–Trinajstić information content (AvgIpc) is 3.22. The van der Waals surface area contributed by atoms with E-state index in [1.54, 1.807) is 12.3 Å². The van der Waals surface area contributed by atoms with Gasteiger partial charge in [0.2, 0.25) is 15.8 Å². The maximum Gasteiger partial charge on any atom is 0.316 e. The van der Waals surface area contributed by atoms with Gasteiger partial charge < -0.3 is 9.64 Å². The van der Waals surface area contributed by atoms with Gasteiger partial charge >= 0.3 is 5.56 Å². The molecule has 0 spiro atoms. The fourth-order valence-electron chi connectivity index (χ4n) is 3.99. The van der Waals surface area contributed by atoms with E-state index in [9.17, 15) is 17.6 Å². The van der Waals surface area contributed by atoms with Gasteiger partial charge in [0.05, 0.1) is 24.2 Å². The van der Waals surface area contributed by atoms with Crippen LogP contribution in [0.15, 0.2) is 35.3 Å². The van der Waals surface area contributed by atoms with Gasteiger partial charge in [0, 0.05) is 26.2 Å². The lowest BCUT2D eigenvalue weighted by molar-refractivity contribution is 0.205. The van der Waals surface area contributed by atoms with E-state index in [0.717, 1.165) is 30.4 Å². The Bertz CT molecular complexity index is 1070. The van der Waals surface area contributed by atoms with Crippen molar-refractivity contribution in [2.45, 2.75) is 31.8 Å². The van der Waals surface area contributed by atoms with Crippen molar-refractivity contribution in [3.8, 4) is 11.4 Å². The van der Waals surface area contributed by atoms with Crippen molar-refractivity contribution in [2.75, 3.05) is 37.3 Å². The Morgan fingerprint density at radius 1 is 1.13 bits per heavy atom. The first-order valence-corrected chi connectivity index (χ1v) is 11.9. The lowest BCUT2D eigenvalue weighted by Crippen LogP contribution is -2.49. The number of halogens is 1. The minimum atomic E-state index is -3.26. The van der Waals surface area contributed by atoms with Crippen LogP contribution in [0.25, 0.3) is 5.69 Å². The van der Waals surface area contributed by atoms with Crippen molar-refractivity contribution in [2.24, 2.45) is 0 Å². The van der Waals surface area contributed by atoms with Crippen LogP contribution in [0.2, 0.25) is 0 Å². The van der Waals surface area contributed by atoms with E-state index in [2.05, 4.69) is 5.10 Å². The van der Waals surface area contributed by atoms with E-state index in [0.29, 0.717) is 37.6 Å². The number of anilines is 1. The number of benzene rings is 1. The van der Waals surface area contributed by atoms with Gasteiger partial charge in [-0.2, -0.15) is 14.1 Å². The highest BCUT2D eigenvalue weighted by Crippen LogP contribution is 2.30. The molecule has 1 aromatic heterocycles. The summed E-state index contributed by atoms with van der Waals surface area (Å²) in [6.45, 7) is 1.52. The highest BCUT2D eigenvalue weighted by molar-refractivity contribution is 7.88. The molecule has 1 saturated carbocycles. The van der Waals surface area contributed by atoms with Gasteiger partial charge in [0.25, 0.3) is 0 Å². The molecular formula is C20H25FN4O4S. The van der Waals surface area contributed by atoms with Crippen LogP contribution < -0.4 is 15.2 Å². The summed E-state index contributed by atoms with van der Waals surface area (Å²) < 4.78 is 46.0. The molecule has 0 radical (unpaired) electrons. The van der Waals surface area contributed by atoms with Crippen molar-refractivity contribution >= 4 is 15.7 Å². The number of sulfonamides is 1. The molecule has 8 nitrogen and oxygen atoms in total. The van der Waals surface area contributed by atoms with Gasteiger partial charge in [0.15, 0.2) is 0 Å². The molecule has 4 rings (SSSR count). The highest BCUT2D eigenvalue weighted by atomic mass is 32.2. The molecule has 1 saturated heterocycles. The minimum Gasteiger partial charge on any atom is -0.483 e. The molecule has 1 aliphatic carbocycles. The molecule has 2 aliphatic rings. The molecule has 1 aliphatic heterocycles. The van der Waals surface area contributed by atoms with E-state index in [1.807, 2.05) is 4.90 Å². The fourth-order valence-corrected chi connectivity index (χ4v) is 4.82. The first-order valence-electron chi connectivity index (χ1n) is 10.1. The van der Waals surface area contributed by atoms with E-state index >= 15 is 0 Å². The smallest absolute Gasteiger partial charge is 0.316 e. The van der Waals surface area contributed by atoms with Crippen molar-refractivity contribution in [1.29, 1.82) is 0 Å². The molecular weight excluding hydrogens is 411 g/mol. The Morgan fingerprint density at radius 2 is 1.83 bits per heavy atom. The largest absolute Gasteiger partial charge is 0.483 e. The van der Waals surface area contributed by atoms with Crippen molar-refractivity contribution in [3.63, 3.8) is 0 Å². The van der Waals surface area contributed by atoms with Gasteiger partial charge in [-0.1, -0.05) is 6.07 Å². The third-order valence-corrected chi connectivity index (χ3v) is 6.91. The predicted molar refractivity (Wildman–Crippen MR) is 111 cm³/mol. The quantitative estimate of drug-likeness (QED) is 0.710.